The molecular weight excluding hydrogens is 292 g/mol. The summed E-state index contributed by atoms with van der Waals surface area (Å²) in [5.41, 5.74) is 6.99. The Labute approximate surface area is 127 Å². The molecule has 0 heterocycles. The fourth-order valence-electron chi connectivity index (χ4n) is 1.87. The number of anilines is 2. The topological polar surface area (TPSA) is 73.6 Å². The Morgan fingerprint density at radius 2 is 1.76 bits per heavy atom. The monoisotopic (exact) mass is 306 g/mol. The van der Waals surface area contributed by atoms with Crippen LogP contribution < -0.4 is 20.5 Å². The van der Waals surface area contributed by atoms with Crippen LogP contribution >= 0.6 is 11.6 Å². The molecule has 0 spiro atoms. The van der Waals surface area contributed by atoms with Crippen molar-refractivity contribution in [3.63, 3.8) is 0 Å². The lowest BCUT2D eigenvalue weighted by Gasteiger charge is -2.12. The minimum Gasteiger partial charge on any atom is -0.496 e. The van der Waals surface area contributed by atoms with Gasteiger partial charge in [0, 0.05) is 10.7 Å². The number of amides is 1. The Hall–Kier alpha value is -2.40. The number of hydrogen-bond donors (Lipinski definition) is 2. The first-order valence-corrected chi connectivity index (χ1v) is 6.51. The van der Waals surface area contributed by atoms with Crippen LogP contribution in [-0.4, -0.2) is 20.1 Å². The Kier molecular flexibility index (Phi) is 4.55. The molecule has 0 aliphatic rings. The van der Waals surface area contributed by atoms with E-state index in [4.69, 9.17) is 26.8 Å². The number of carbonyl (C=O) groups excluding carboxylic acids is 1. The zero-order valence-electron chi connectivity index (χ0n) is 11.6. The number of benzene rings is 2. The lowest BCUT2D eigenvalue weighted by Crippen LogP contribution is -2.14. The summed E-state index contributed by atoms with van der Waals surface area (Å²) in [7, 11) is 3.00. The first kappa shape index (κ1) is 15.0. The van der Waals surface area contributed by atoms with Gasteiger partial charge in [0.25, 0.3) is 5.91 Å². The third kappa shape index (κ3) is 3.38. The molecule has 0 saturated carbocycles. The quantitative estimate of drug-likeness (QED) is 0.851. The highest BCUT2D eigenvalue weighted by Crippen LogP contribution is 2.29. The van der Waals surface area contributed by atoms with Gasteiger partial charge in [-0.15, -0.1) is 0 Å². The van der Waals surface area contributed by atoms with Gasteiger partial charge in [-0.1, -0.05) is 11.6 Å². The molecule has 0 saturated heterocycles. The summed E-state index contributed by atoms with van der Waals surface area (Å²) in [6.07, 6.45) is 0. The fourth-order valence-corrected chi connectivity index (χ4v) is 2.04. The van der Waals surface area contributed by atoms with Crippen LogP contribution in [0.25, 0.3) is 0 Å². The zero-order valence-corrected chi connectivity index (χ0v) is 12.4. The van der Waals surface area contributed by atoms with Gasteiger partial charge < -0.3 is 20.5 Å². The molecule has 0 aromatic heterocycles. The SMILES string of the molecule is COc1ccc(Cl)cc1NC(=O)c1cc(N)ccc1OC. The van der Waals surface area contributed by atoms with E-state index in [-0.39, 0.29) is 5.91 Å². The molecule has 0 aliphatic carbocycles. The normalized spacial score (nSPS) is 10.0. The molecule has 0 fully saturated rings. The number of hydrogen-bond acceptors (Lipinski definition) is 4. The molecule has 1 amide bonds. The average molecular weight is 307 g/mol. The predicted molar refractivity (Wildman–Crippen MR) is 83.4 cm³/mol. The van der Waals surface area contributed by atoms with Crippen molar-refractivity contribution in [2.75, 3.05) is 25.3 Å². The molecule has 5 nitrogen and oxygen atoms in total. The van der Waals surface area contributed by atoms with Gasteiger partial charge in [-0.2, -0.15) is 0 Å². The highest BCUT2D eigenvalue weighted by atomic mass is 35.5. The highest BCUT2D eigenvalue weighted by Gasteiger charge is 2.15. The summed E-state index contributed by atoms with van der Waals surface area (Å²) in [5, 5.41) is 3.23. The number of halogens is 1. The van der Waals surface area contributed by atoms with Crippen molar-refractivity contribution in [3.8, 4) is 11.5 Å². The molecule has 0 bridgehead atoms. The molecule has 0 radical (unpaired) electrons. The largest absolute Gasteiger partial charge is 0.496 e. The lowest BCUT2D eigenvalue weighted by molar-refractivity contribution is 0.102. The Morgan fingerprint density at radius 1 is 1.10 bits per heavy atom. The molecule has 0 unspecified atom stereocenters. The fraction of sp³-hybridized carbons (Fsp3) is 0.133. The average Bonchev–Trinajstić information content (AvgIpc) is 2.47. The number of rotatable bonds is 4. The minimum absolute atomic E-state index is 0.333. The van der Waals surface area contributed by atoms with Crippen LogP contribution in [0.5, 0.6) is 11.5 Å². The van der Waals surface area contributed by atoms with Gasteiger partial charge in [-0.05, 0) is 36.4 Å². The third-order valence-electron chi connectivity index (χ3n) is 2.88. The molecule has 2 aromatic rings. The molecular formula is C15H15ClN2O3. The van der Waals surface area contributed by atoms with Gasteiger partial charge in [0.2, 0.25) is 0 Å². The first-order valence-electron chi connectivity index (χ1n) is 6.13. The maximum absolute atomic E-state index is 12.4. The van der Waals surface area contributed by atoms with Gasteiger partial charge in [0.1, 0.15) is 11.5 Å². The summed E-state index contributed by atoms with van der Waals surface area (Å²) in [6, 6.07) is 9.81. The molecule has 2 aromatic carbocycles. The Bertz CT molecular complexity index is 674. The van der Waals surface area contributed by atoms with Crippen molar-refractivity contribution in [2.45, 2.75) is 0 Å². The van der Waals surface area contributed by atoms with Crippen molar-refractivity contribution in [3.05, 3.63) is 47.0 Å². The van der Waals surface area contributed by atoms with E-state index in [0.29, 0.717) is 33.5 Å². The maximum Gasteiger partial charge on any atom is 0.259 e. The van der Waals surface area contributed by atoms with Gasteiger partial charge >= 0.3 is 0 Å². The number of ether oxygens (including phenoxy) is 2. The van der Waals surface area contributed by atoms with Crippen LogP contribution in [0.4, 0.5) is 11.4 Å². The van der Waals surface area contributed by atoms with Crippen LogP contribution in [0.15, 0.2) is 36.4 Å². The van der Waals surface area contributed by atoms with Gasteiger partial charge in [-0.3, -0.25) is 4.79 Å². The Morgan fingerprint density at radius 3 is 2.43 bits per heavy atom. The molecule has 0 aliphatic heterocycles. The summed E-state index contributed by atoms with van der Waals surface area (Å²) < 4.78 is 10.4. The van der Waals surface area contributed by atoms with E-state index in [1.807, 2.05) is 0 Å². The van der Waals surface area contributed by atoms with Crippen molar-refractivity contribution in [2.24, 2.45) is 0 Å². The van der Waals surface area contributed by atoms with E-state index in [0.717, 1.165) is 0 Å². The molecule has 21 heavy (non-hydrogen) atoms. The van der Waals surface area contributed by atoms with Crippen molar-refractivity contribution >= 4 is 28.9 Å². The van der Waals surface area contributed by atoms with Crippen LogP contribution in [0, 0.1) is 0 Å². The standard InChI is InChI=1S/C15H15ClN2O3/c1-20-13-6-4-10(17)8-11(13)15(19)18-12-7-9(16)3-5-14(12)21-2/h3-8H,17H2,1-2H3,(H,18,19). The summed E-state index contributed by atoms with van der Waals surface area (Å²) in [6.45, 7) is 0. The van der Waals surface area contributed by atoms with E-state index in [9.17, 15) is 4.79 Å². The second-order valence-electron chi connectivity index (χ2n) is 4.26. The van der Waals surface area contributed by atoms with Gasteiger partial charge in [0.15, 0.2) is 0 Å². The van der Waals surface area contributed by atoms with E-state index in [1.165, 1.54) is 14.2 Å². The Balaban J connectivity index is 2.34. The van der Waals surface area contributed by atoms with E-state index < -0.39 is 0 Å². The molecule has 110 valence electrons. The van der Waals surface area contributed by atoms with Gasteiger partial charge in [-0.25, -0.2) is 0 Å². The summed E-state index contributed by atoms with van der Waals surface area (Å²) in [4.78, 5) is 12.4. The van der Waals surface area contributed by atoms with Crippen LogP contribution in [-0.2, 0) is 0 Å². The van der Waals surface area contributed by atoms with Crippen LogP contribution in [0.1, 0.15) is 10.4 Å². The minimum atomic E-state index is -0.361. The number of nitrogen functional groups attached to an aromatic ring is 1. The number of nitrogens with two attached hydrogens (primary N) is 1. The van der Waals surface area contributed by atoms with Crippen LogP contribution in [0.2, 0.25) is 5.02 Å². The second kappa shape index (κ2) is 6.37. The summed E-state index contributed by atoms with van der Waals surface area (Å²) >= 11 is 5.94. The second-order valence-corrected chi connectivity index (χ2v) is 4.69. The van der Waals surface area contributed by atoms with Gasteiger partial charge in [0.05, 0.1) is 25.5 Å². The summed E-state index contributed by atoms with van der Waals surface area (Å²) in [5.74, 6) is 0.582. The third-order valence-corrected chi connectivity index (χ3v) is 3.11. The number of nitrogens with one attached hydrogen (secondary N) is 1. The van der Waals surface area contributed by atoms with Crippen LogP contribution in [0.3, 0.4) is 0 Å². The van der Waals surface area contributed by atoms with E-state index >= 15 is 0 Å². The van der Waals surface area contributed by atoms with Crippen molar-refractivity contribution < 1.29 is 14.3 Å². The number of methoxy groups -OCH3 is 2. The highest BCUT2D eigenvalue weighted by molar-refractivity contribution is 6.31. The molecule has 2 rings (SSSR count). The molecule has 0 atom stereocenters. The van der Waals surface area contributed by atoms with Crippen molar-refractivity contribution in [1.29, 1.82) is 0 Å². The number of carbonyl (C=O) groups is 1. The van der Waals surface area contributed by atoms with E-state index in [1.54, 1.807) is 36.4 Å². The molecule has 3 N–H and O–H groups in total. The maximum atomic E-state index is 12.4. The molecule has 6 heteroatoms. The smallest absolute Gasteiger partial charge is 0.259 e. The first-order chi connectivity index (χ1) is 10.0. The van der Waals surface area contributed by atoms with Crippen molar-refractivity contribution in [1.82, 2.24) is 0 Å². The zero-order chi connectivity index (χ0) is 15.4. The van der Waals surface area contributed by atoms with E-state index in [2.05, 4.69) is 5.32 Å². The predicted octanol–water partition coefficient (Wildman–Crippen LogP) is 3.19. The lowest BCUT2D eigenvalue weighted by atomic mass is 10.1.